The van der Waals surface area contributed by atoms with E-state index in [-0.39, 0.29) is 6.61 Å². The summed E-state index contributed by atoms with van der Waals surface area (Å²) < 4.78 is 25.7. The van der Waals surface area contributed by atoms with Crippen LogP contribution in [-0.2, 0) is 20.9 Å². The molecule has 0 bridgehead atoms. The molecule has 1 heterocycles. The van der Waals surface area contributed by atoms with Crippen LogP contribution in [0.4, 0.5) is 0 Å². The van der Waals surface area contributed by atoms with Crippen molar-refractivity contribution in [3.8, 4) is 0 Å². The van der Waals surface area contributed by atoms with Gasteiger partial charge in [-0.2, -0.15) is 8.42 Å². The Morgan fingerprint density at radius 2 is 2.31 bits per heavy atom. The standard InChI is InChI=1S/C7H8ClNO3S/c1-13(10,11)12-5-7-4-6(8)2-3-9-7/h2-4H,5H2,1H3. The highest BCUT2D eigenvalue weighted by atomic mass is 35.5. The van der Waals surface area contributed by atoms with Crippen LogP contribution in [0.5, 0.6) is 0 Å². The van der Waals surface area contributed by atoms with Gasteiger partial charge in [0.2, 0.25) is 0 Å². The smallest absolute Gasteiger partial charge is 0.264 e. The summed E-state index contributed by atoms with van der Waals surface area (Å²) in [5, 5.41) is 0.502. The van der Waals surface area contributed by atoms with Crippen molar-refractivity contribution in [1.82, 2.24) is 4.98 Å². The van der Waals surface area contributed by atoms with E-state index in [1.165, 1.54) is 6.20 Å². The van der Waals surface area contributed by atoms with Crippen LogP contribution in [0.3, 0.4) is 0 Å². The number of hydrogen-bond donors (Lipinski definition) is 0. The lowest BCUT2D eigenvalue weighted by Gasteiger charge is -2.00. The second kappa shape index (κ2) is 4.04. The number of rotatable bonds is 3. The summed E-state index contributed by atoms with van der Waals surface area (Å²) in [7, 11) is -3.42. The Labute approximate surface area is 81.6 Å². The molecular formula is C7H8ClNO3S. The maximum absolute atomic E-state index is 10.6. The zero-order chi connectivity index (χ0) is 9.90. The minimum absolute atomic E-state index is 0.0839. The second-order valence-corrected chi connectivity index (χ2v) is 4.51. The molecule has 0 aliphatic rings. The largest absolute Gasteiger partial charge is 0.264 e. The monoisotopic (exact) mass is 221 g/mol. The van der Waals surface area contributed by atoms with Crippen LogP contribution in [0.1, 0.15) is 5.69 Å². The molecule has 1 aromatic rings. The molecule has 0 fully saturated rings. The molecule has 0 amide bonds. The Morgan fingerprint density at radius 3 is 2.85 bits per heavy atom. The Morgan fingerprint density at radius 1 is 1.62 bits per heavy atom. The highest BCUT2D eigenvalue weighted by Gasteiger charge is 2.03. The van der Waals surface area contributed by atoms with Crippen LogP contribution >= 0.6 is 11.6 Å². The highest BCUT2D eigenvalue weighted by molar-refractivity contribution is 7.85. The summed E-state index contributed by atoms with van der Waals surface area (Å²) in [4.78, 5) is 3.87. The molecule has 0 saturated heterocycles. The molecule has 1 rings (SSSR count). The molecule has 0 N–H and O–H groups in total. The summed E-state index contributed by atoms with van der Waals surface area (Å²) in [6.45, 7) is -0.0839. The van der Waals surface area contributed by atoms with Gasteiger partial charge in [0, 0.05) is 11.2 Å². The van der Waals surface area contributed by atoms with Gasteiger partial charge < -0.3 is 0 Å². The van der Waals surface area contributed by atoms with Crippen LogP contribution in [-0.4, -0.2) is 19.7 Å². The van der Waals surface area contributed by atoms with Crippen LogP contribution < -0.4 is 0 Å². The van der Waals surface area contributed by atoms with Gasteiger partial charge in [0.05, 0.1) is 11.9 Å². The number of nitrogens with zero attached hydrogens (tertiary/aromatic N) is 1. The lowest BCUT2D eigenvalue weighted by molar-refractivity contribution is 0.307. The maximum atomic E-state index is 10.6. The van der Waals surface area contributed by atoms with Gasteiger partial charge in [-0.05, 0) is 12.1 Å². The number of hydrogen-bond acceptors (Lipinski definition) is 4. The minimum Gasteiger partial charge on any atom is -0.264 e. The summed E-state index contributed by atoms with van der Waals surface area (Å²) in [6.07, 6.45) is 2.47. The van der Waals surface area contributed by atoms with Crippen LogP contribution in [0.15, 0.2) is 18.3 Å². The predicted molar refractivity (Wildman–Crippen MR) is 48.9 cm³/mol. The molecule has 1 aromatic heterocycles. The van der Waals surface area contributed by atoms with Crippen molar-refractivity contribution in [2.24, 2.45) is 0 Å². The molecule has 4 nitrogen and oxygen atoms in total. The van der Waals surface area contributed by atoms with Gasteiger partial charge in [-0.3, -0.25) is 9.17 Å². The van der Waals surface area contributed by atoms with Crippen LogP contribution in [0.2, 0.25) is 5.02 Å². The van der Waals surface area contributed by atoms with Crippen molar-refractivity contribution in [2.75, 3.05) is 6.26 Å². The van der Waals surface area contributed by atoms with E-state index >= 15 is 0 Å². The van der Waals surface area contributed by atoms with Gasteiger partial charge in [-0.1, -0.05) is 11.6 Å². The van der Waals surface area contributed by atoms with Gasteiger partial charge in [-0.25, -0.2) is 0 Å². The molecule has 13 heavy (non-hydrogen) atoms. The van der Waals surface area contributed by atoms with E-state index in [2.05, 4.69) is 9.17 Å². The van der Waals surface area contributed by atoms with Gasteiger partial charge >= 0.3 is 0 Å². The van der Waals surface area contributed by atoms with E-state index in [4.69, 9.17) is 11.6 Å². The number of aromatic nitrogens is 1. The van der Waals surface area contributed by atoms with Crippen molar-refractivity contribution in [1.29, 1.82) is 0 Å². The molecule has 0 spiro atoms. The first-order valence-corrected chi connectivity index (χ1v) is 5.62. The molecule has 0 radical (unpaired) electrons. The Kier molecular flexibility index (Phi) is 3.24. The minimum atomic E-state index is -3.42. The number of pyridine rings is 1. The molecule has 0 atom stereocenters. The molecular weight excluding hydrogens is 214 g/mol. The third-order valence-electron chi connectivity index (χ3n) is 1.20. The Bertz CT molecular complexity index is 390. The van der Waals surface area contributed by atoms with Gasteiger partial charge in [0.15, 0.2) is 0 Å². The predicted octanol–water partition coefficient (Wildman–Crippen LogP) is 1.21. The van der Waals surface area contributed by atoms with Gasteiger partial charge in [0.25, 0.3) is 10.1 Å². The maximum Gasteiger partial charge on any atom is 0.264 e. The fourth-order valence-electron chi connectivity index (χ4n) is 0.695. The van der Waals surface area contributed by atoms with E-state index in [1.54, 1.807) is 12.1 Å². The Balaban J connectivity index is 2.65. The zero-order valence-electron chi connectivity index (χ0n) is 6.90. The van der Waals surface area contributed by atoms with E-state index in [9.17, 15) is 8.42 Å². The lowest BCUT2D eigenvalue weighted by atomic mass is 10.4. The average molecular weight is 222 g/mol. The molecule has 0 aromatic carbocycles. The molecule has 0 saturated carbocycles. The van der Waals surface area contributed by atoms with Crippen molar-refractivity contribution in [2.45, 2.75) is 6.61 Å². The van der Waals surface area contributed by atoms with Crippen LogP contribution in [0, 0.1) is 0 Å². The molecule has 72 valence electrons. The van der Waals surface area contributed by atoms with E-state index in [0.717, 1.165) is 6.26 Å². The zero-order valence-corrected chi connectivity index (χ0v) is 8.47. The molecule has 6 heteroatoms. The third kappa shape index (κ3) is 4.21. The molecule has 0 aliphatic heterocycles. The topological polar surface area (TPSA) is 56.3 Å². The van der Waals surface area contributed by atoms with Crippen molar-refractivity contribution in [3.05, 3.63) is 29.0 Å². The fraction of sp³-hybridized carbons (Fsp3) is 0.286. The fourth-order valence-corrected chi connectivity index (χ4v) is 1.21. The molecule has 0 aliphatic carbocycles. The van der Waals surface area contributed by atoms with Gasteiger partial charge in [0.1, 0.15) is 6.61 Å². The van der Waals surface area contributed by atoms with E-state index in [1.807, 2.05) is 0 Å². The first kappa shape index (κ1) is 10.4. The first-order chi connectivity index (χ1) is 5.97. The summed E-state index contributed by atoms with van der Waals surface area (Å²) >= 11 is 5.65. The Hall–Kier alpha value is -0.650. The average Bonchev–Trinajstić information content (AvgIpc) is 2.00. The highest BCUT2D eigenvalue weighted by Crippen LogP contribution is 2.09. The summed E-state index contributed by atoms with van der Waals surface area (Å²) in [5.41, 5.74) is 0.484. The van der Waals surface area contributed by atoms with Gasteiger partial charge in [-0.15, -0.1) is 0 Å². The second-order valence-electron chi connectivity index (χ2n) is 2.43. The first-order valence-electron chi connectivity index (χ1n) is 3.42. The van der Waals surface area contributed by atoms with E-state index in [0.29, 0.717) is 10.7 Å². The summed E-state index contributed by atoms with van der Waals surface area (Å²) in [6, 6.07) is 3.15. The van der Waals surface area contributed by atoms with Crippen molar-refractivity contribution >= 4 is 21.7 Å². The quantitative estimate of drug-likeness (QED) is 0.720. The number of halogens is 1. The SMILES string of the molecule is CS(=O)(=O)OCc1cc(Cl)ccn1. The van der Waals surface area contributed by atoms with Crippen molar-refractivity contribution < 1.29 is 12.6 Å². The summed E-state index contributed by atoms with van der Waals surface area (Å²) in [5.74, 6) is 0. The van der Waals surface area contributed by atoms with Crippen LogP contribution in [0.25, 0.3) is 0 Å². The third-order valence-corrected chi connectivity index (χ3v) is 1.98. The lowest BCUT2D eigenvalue weighted by Crippen LogP contribution is -2.03. The normalized spacial score (nSPS) is 11.5. The molecule has 0 unspecified atom stereocenters. The van der Waals surface area contributed by atoms with Crippen molar-refractivity contribution in [3.63, 3.8) is 0 Å². The van der Waals surface area contributed by atoms with E-state index < -0.39 is 10.1 Å².